The van der Waals surface area contributed by atoms with E-state index in [0.717, 1.165) is 17.3 Å². The van der Waals surface area contributed by atoms with Crippen LogP contribution in [0.15, 0.2) is 23.2 Å². The molecular formula is C12H17NO3S. The number of nitrogens with zero attached hydrogens (tertiary/aromatic N) is 1. The third kappa shape index (κ3) is 5.70. The van der Waals surface area contributed by atoms with Gasteiger partial charge >= 0.3 is 5.97 Å². The predicted molar refractivity (Wildman–Crippen MR) is 67.6 cm³/mol. The maximum absolute atomic E-state index is 10.7. The zero-order valence-corrected chi connectivity index (χ0v) is 10.9. The van der Waals surface area contributed by atoms with Crippen molar-refractivity contribution < 1.29 is 14.6 Å². The van der Waals surface area contributed by atoms with Gasteiger partial charge in [-0.3, -0.25) is 0 Å². The van der Waals surface area contributed by atoms with Crippen molar-refractivity contribution in [3.8, 4) is 0 Å². The molecular weight excluding hydrogens is 238 g/mol. The molecule has 1 aromatic rings. The highest BCUT2D eigenvalue weighted by Gasteiger charge is 2.05. The highest BCUT2D eigenvalue weighted by Crippen LogP contribution is 2.17. The summed E-state index contributed by atoms with van der Waals surface area (Å²) in [7, 11) is 0. The van der Waals surface area contributed by atoms with Crippen LogP contribution < -0.4 is 0 Å². The quantitative estimate of drug-likeness (QED) is 0.599. The summed E-state index contributed by atoms with van der Waals surface area (Å²) in [5.74, 6) is 0.360. The van der Waals surface area contributed by atoms with Crippen LogP contribution in [0.25, 0.3) is 0 Å². The molecule has 94 valence electrons. The Bertz CT molecular complexity index is 369. The number of hydrogen-bond donors (Lipinski definition) is 1. The van der Waals surface area contributed by atoms with E-state index in [-0.39, 0.29) is 5.69 Å². The van der Waals surface area contributed by atoms with Crippen LogP contribution in [-0.4, -0.2) is 35.0 Å². The highest BCUT2D eigenvalue weighted by atomic mass is 32.2. The molecule has 0 radical (unpaired) electrons. The van der Waals surface area contributed by atoms with Gasteiger partial charge in [0.25, 0.3) is 0 Å². The van der Waals surface area contributed by atoms with Gasteiger partial charge in [-0.05, 0) is 18.1 Å². The first-order valence-electron chi connectivity index (χ1n) is 5.49. The van der Waals surface area contributed by atoms with Crippen molar-refractivity contribution in [1.29, 1.82) is 0 Å². The van der Waals surface area contributed by atoms with Crippen molar-refractivity contribution in [2.75, 3.05) is 19.0 Å². The minimum atomic E-state index is -0.997. The van der Waals surface area contributed by atoms with Crippen LogP contribution in [0.1, 0.15) is 24.3 Å². The van der Waals surface area contributed by atoms with Crippen LogP contribution in [0.2, 0.25) is 0 Å². The normalized spacial score (nSPS) is 10.8. The van der Waals surface area contributed by atoms with Crippen molar-refractivity contribution in [2.24, 2.45) is 5.92 Å². The van der Waals surface area contributed by atoms with E-state index in [2.05, 4.69) is 18.8 Å². The average molecular weight is 255 g/mol. The van der Waals surface area contributed by atoms with Crippen molar-refractivity contribution in [1.82, 2.24) is 4.98 Å². The Kier molecular flexibility index (Phi) is 6.00. The van der Waals surface area contributed by atoms with Gasteiger partial charge < -0.3 is 9.84 Å². The van der Waals surface area contributed by atoms with Gasteiger partial charge in [0.15, 0.2) is 0 Å². The van der Waals surface area contributed by atoms with Crippen LogP contribution in [0, 0.1) is 5.92 Å². The lowest BCUT2D eigenvalue weighted by molar-refractivity contribution is 0.0690. The molecule has 5 heteroatoms. The maximum atomic E-state index is 10.7. The molecule has 4 nitrogen and oxygen atoms in total. The first kappa shape index (κ1) is 14.0. The van der Waals surface area contributed by atoms with Crippen LogP contribution in [0.4, 0.5) is 0 Å². The molecule has 0 aliphatic rings. The van der Waals surface area contributed by atoms with Gasteiger partial charge in [0, 0.05) is 23.5 Å². The first-order chi connectivity index (χ1) is 8.09. The first-order valence-corrected chi connectivity index (χ1v) is 6.48. The lowest BCUT2D eigenvalue weighted by atomic mass is 10.2. The second-order valence-electron chi connectivity index (χ2n) is 4.00. The summed E-state index contributed by atoms with van der Waals surface area (Å²) in [5, 5.41) is 8.78. The monoisotopic (exact) mass is 255 g/mol. The van der Waals surface area contributed by atoms with E-state index in [9.17, 15) is 4.79 Å². The van der Waals surface area contributed by atoms with Crippen LogP contribution >= 0.6 is 11.8 Å². The van der Waals surface area contributed by atoms with Crippen LogP contribution in [0.3, 0.4) is 0 Å². The second kappa shape index (κ2) is 7.29. The topological polar surface area (TPSA) is 59.4 Å². The van der Waals surface area contributed by atoms with Gasteiger partial charge in [0.1, 0.15) is 5.69 Å². The number of rotatable bonds is 7. The average Bonchev–Trinajstić information content (AvgIpc) is 2.28. The number of carboxylic acids is 1. The number of carbonyl (C=O) groups is 1. The Morgan fingerprint density at radius 1 is 1.59 bits per heavy atom. The third-order valence-electron chi connectivity index (χ3n) is 1.90. The van der Waals surface area contributed by atoms with Gasteiger partial charge in [-0.15, -0.1) is 11.8 Å². The Morgan fingerprint density at radius 2 is 2.35 bits per heavy atom. The van der Waals surface area contributed by atoms with Crippen LogP contribution in [-0.2, 0) is 4.74 Å². The van der Waals surface area contributed by atoms with Crippen molar-refractivity contribution in [3.05, 3.63) is 24.0 Å². The minimum Gasteiger partial charge on any atom is -0.477 e. The predicted octanol–water partition coefficient (Wildman–Crippen LogP) is 2.54. The zero-order chi connectivity index (χ0) is 12.7. The number of pyridine rings is 1. The van der Waals surface area contributed by atoms with E-state index >= 15 is 0 Å². The molecule has 1 aromatic heterocycles. The summed E-state index contributed by atoms with van der Waals surface area (Å²) in [5.41, 5.74) is 0.0816. The molecule has 0 spiro atoms. The lowest BCUT2D eigenvalue weighted by Crippen LogP contribution is -2.04. The molecule has 1 rings (SSSR count). The summed E-state index contributed by atoms with van der Waals surface area (Å²) in [6, 6.07) is 3.38. The molecule has 0 aromatic carbocycles. The fourth-order valence-corrected chi connectivity index (χ4v) is 1.94. The Labute approximate surface area is 105 Å². The lowest BCUT2D eigenvalue weighted by Gasteiger charge is -2.06. The number of aromatic carboxylic acids is 1. The van der Waals surface area contributed by atoms with Gasteiger partial charge in [0.2, 0.25) is 0 Å². The molecule has 1 heterocycles. The molecule has 1 N–H and O–H groups in total. The smallest absolute Gasteiger partial charge is 0.354 e. The molecule has 0 fully saturated rings. The largest absolute Gasteiger partial charge is 0.477 e. The number of ether oxygens (including phenoxy) is 1. The minimum absolute atomic E-state index is 0.0816. The fraction of sp³-hybridized carbons (Fsp3) is 0.500. The van der Waals surface area contributed by atoms with Crippen molar-refractivity contribution >= 4 is 17.7 Å². The highest BCUT2D eigenvalue weighted by molar-refractivity contribution is 7.99. The van der Waals surface area contributed by atoms with E-state index in [1.54, 1.807) is 23.9 Å². The Balaban J connectivity index is 2.31. The van der Waals surface area contributed by atoms with E-state index < -0.39 is 5.97 Å². The summed E-state index contributed by atoms with van der Waals surface area (Å²) in [4.78, 5) is 15.4. The molecule has 0 bridgehead atoms. The molecule has 0 aliphatic heterocycles. The van der Waals surface area contributed by atoms with E-state index in [0.29, 0.717) is 12.5 Å². The number of hydrogen-bond acceptors (Lipinski definition) is 4. The molecule has 17 heavy (non-hydrogen) atoms. The van der Waals surface area contributed by atoms with Gasteiger partial charge in [-0.2, -0.15) is 0 Å². The summed E-state index contributed by atoms with van der Waals surface area (Å²) >= 11 is 1.58. The summed E-state index contributed by atoms with van der Waals surface area (Å²) in [6.07, 6.45) is 1.51. The van der Waals surface area contributed by atoms with Gasteiger partial charge in [0.05, 0.1) is 6.61 Å². The Morgan fingerprint density at radius 3 is 3.00 bits per heavy atom. The van der Waals surface area contributed by atoms with Crippen LogP contribution in [0.5, 0.6) is 0 Å². The van der Waals surface area contributed by atoms with Crippen molar-refractivity contribution in [3.63, 3.8) is 0 Å². The van der Waals surface area contributed by atoms with E-state index in [4.69, 9.17) is 9.84 Å². The Hall–Kier alpha value is -1.07. The SMILES string of the molecule is CC(C)COCCSc1ccnc(C(=O)O)c1. The molecule has 0 atom stereocenters. The molecule has 0 unspecified atom stereocenters. The third-order valence-corrected chi connectivity index (χ3v) is 2.86. The molecule has 0 saturated heterocycles. The second-order valence-corrected chi connectivity index (χ2v) is 5.17. The maximum Gasteiger partial charge on any atom is 0.354 e. The summed E-state index contributed by atoms with van der Waals surface area (Å²) in [6.45, 7) is 5.65. The van der Waals surface area contributed by atoms with Crippen molar-refractivity contribution in [2.45, 2.75) is 18.7 Å². The molecule has 0 saturated carbocycles. The van der Waals surface area contributed by atoms with E-state index in [1.807, 2.05) is 0 Å². The van der Waals surface area contributed by atoms with Gasteiger partial charge in [-0.25, -0.2) is 9.78 Å². The van der Waals surface area contributed by atoms with E-state index in [1.165, 1.54) is 6.20 Å². The standard InChI is InChI=1S/C12H17NO3S/c1-9(2)8-16-5-6-17-10-3-4-13-11(7-10)12(14)15/h3-4,7,9H,5-6,8H2,1-2H3,(H,14,15). The molecule has 0 aliphatic carbocycles. The zero-order valence-electron chi connectivity index (χ0n) is 10.0. The number of aromatic nitrogens is 1. The summed E-state index contributed by atoms with van der Waals surface area (Å²) < 4.78 is 5.44. The number of carboxylic acid groups (broad SMARTS) is 1. The number of thioether (sulfide) groups is 1. The fourth-order valence-electron chi connectivity index (χ4n) is 1.16. The molecule has 0 amide bonds. The van der Waals surface area contributed by atoms with Gasteiger partial charge in [-0.1, -0.05) is 13.8 Å².